The Labute approximate surface area is 664 Å². The monoisotopic (exact) mass is 1450 g/mol. The van der Waals surface area contributed by atoms with Crippen LogP contribution in [0.3, 0.4) is 0 Å². The minimum atomic E-state index is -0.0503. The number of rotatable bonds is 8. The molecule has 0 nitrogen and oxygen atoms in total. The molecule has 21 aromatic rings. The first-order chi connectivity index (χ1) is 56.1. The van der Waals surface area contributed by atoms with Crippen molar-refractivity contribution in [1.82, 2.24) is 0 Å². The van der Waals surface area contributed by atoms with Crippen LogP contribution in [-0.4, -0.2) is 0 Å². The molecule has 0 spiro atoms. The number of fused-ring (bicyclic) bond motifs is 16. The van der Waals surface area contributed by atoms with Crippen LogP contribution in [0.1, 0.15) is 49.9 Å². The van der Waals surface area contributed by atoms with E-state index in [0.29, 0.717) is 0 Å². The van der Waals surface area contributed by atoms with Crippen molar-refractivity contribution in [2.75, 3.05) is 0 Å². The van der Waals surface area contributed by atoms with Gasteiger partial charge in [-0.1, -0.05) is 386 Å². The van der Waals surface area contributed by atoms with Crippen molar-refractivity contribution in [1.29, 1.82) is 0 Å². The van der Waals surface area contributed by atoms with Crippen molar-refractivity contribution >= 4 is 97.0 Å². The summed E-state index contributed by atoms with van der Waals surface area (Å²) in [6.45, 7) is 9.45. The fraction of sp³-hybridized carbons (Fsp3) is 0.0526. The summed E-state index contributed by atoms with van der Waals surface area (Å²) in [7, 11) is 0. The van der Waals surface area contributed by atoms with Crippen LogP contribution < -0.4 is 0 Å². The fourth-order valence-electron chi connectivity index (χ4n) is 20.0. The molecule has 0 radical (unpaired) electrons. The van der Waals surface area contributed by atoms with Gasteiger partial charge in [0, 0.05) is 10.8 Å². The molecular weight excluding hydrogens is 1370 g/mol. The van der Waals surface area contributed by atoms with Crippen LogP contribution >= 0.6 is 0 Å². The molecule has 0 heteroatoms. The molecule has 2 aliphatic carbocycles. The Morgan fingerprint density at radius 1 is 0.132 bits per heavy atom. The molecule has 0 atom stereocenters. The van der Waals surface area contributed by atoms with E-state index in [4.69, 9.17) is 0 Å². The maximum absolute atomic E-state index is 2.47. The molecule has 2 aliphatic rings. The molecule has 0 N–H and O–H groups in total. The molecule has 0 aromatic heterocycles. The van der Waals surface area contributed by atoms with Gasteiger partial charge in [-0.3, -0.25) is 0 Å². The Balaban J connectivity index is 0.000000139. The molecule has 0 saturated heterocycles. The Morgan fingerprint density at radius 3 is 0.991 bits per heavy atom. The van der Waals surface area contributed by atoms with Gasteiger partial charge in [-0.2, -0.15) is 0 Å². The highest BCUT2D eigenvalue weighted by Gasteiger charge is 2.37. The van der Waals surface area contributed by atoms with Gasteiger partial charge in [-0.05, 0) is 273 Å². The van der Waals surface area contributed by atoms with Gasteiger partial charge >= 0.3 is 0 Å². The lowest BCUT2D eigenvalue weighted by Gasteiger charge is -2.22. The first-order valence-corrected chi connectivity index (χ1v) is 40.1. The quantitative estimate of drug-likeness (QED) is 0.105. The second-order valence-electron chi connectivity index (χ2n) is 32.4. The predicted octanol–water partition coefficient (Wildman–Crippen LogP) is 31.7. The van der Waals surface area contributed by atoms with Crippen molar-refractivity contribution in [2.45, 2.75) is 38.5 Å². The summed E-state index contributed by atoms with van der Waals surface area (Å²) in [5, 5.41) is 22.8. The number of hydrogen-bond acceptors (Lipinski definition) is 0. The summed E-state index contributed by atoms with van der Waals surface area (Å²) in [4.78, 5) is 0. The van der Waals surface area contributed by atoms with Crippen LogP contribution in [0.15, 0.2) is 400 Å². The van der Waals surface area contributed by atoms with Crippen LogP contribution in [0, 0.1) is 0 Å². The molecule has 0 bridgehead atoms. The second kappa shape index (κ2) is 26.3. The molecule has 0 amide bonds. The van der Waals surface area contributed by atoms with Crippen molar-refractivity contribution in [2.24, 2.45) is 0 Å². The first-order valence-electron chi connectivity index (χ1n) is 40.1. The Morgan fingerprint density at radius 2 is 0.465 bits per heavy atom. The van der Waals surface area contributed by atoms with Gasteiger partial charge in [-0.15, -0.1) is 0 Å². The Bertz CT molecular complexity index is 7560. The highest BCUT2D eigenvalue weighted by Crippen LogP contribution is 2.55. The van der Waals surface area contributed by atoms with Crippen molar-refractivity contribution in [3.05, 3.63) is 423 Å². The van der Waals surface area contributed by atoms with Crippen molar-refractivity contribution in [3.8, 4) is 111 Å². The fourth-order valence-corrected chi connectivity index (χ4v) is 20.0. The molecule has 0 aliphatic heterocycles. The van der Waals surface area contributed by atoms with Gasteiger partial charge in [0.05, 0.1) is 0 Å². The number of hydrogen-bond donors (Lipinski definition) is 0. The maximum atomic E-state index is 2.47. The molecule has 0 heterocycles. The first kappa shape index (κ1) is 66.9. The normalized spacial score (nSPS) is 13.1. The third kappa shape index (κ3) is 10.7. The van der Waals surface area contributed by atoms with E-state index in [1.807, 2.05) is 0 Å². The van der Waals surface area contributed by atoms with Crippen LogP contribution in [0.5, 0.6) is 0 Å². The zero-order valence-electron chi connectivity index (χ0n) is 64.1. The highest BCUT2D eigenvalue weighted by molar-refractivity contribution is 6.25. The molecule has 0 unspecified atom stereocenters. The summed E-state index contributed by atoms with van der Waals surface area (Å²) >= 11 is 0. The van der Waals surface area contributed by atoms with Crippen LogP contribution in [0.25, 0.3) is 208 Å². The van der Waals surface area contributed by atoms with E-state index in [-0.39, 0.29) is 10.8 Å². The smallest absolute Gasteiger partial charge is 0.0158 e. The Hall–Kier alpha value is -14.0. The number of benzene rings is 21. The minimum absolute atomic E-state index is 0.0437. The van der Waals surface area contributed by atoms with Gasteiger partial charge < -0.3 is 0 Å². The van der Waals surface area contributed by atoms with Gasteiger partial charge in [0.15, 0.2) is 0 Å². The molecule has 114 heavy (non-hydrogen) atoms. The van der Waals surface area contributed by atoms with E-state index in [0.717, 1.165) is 0 Å². The van der Waals surface area contributed by atoms with E-state index in [1.54, 1.807) is 0 Å². The lowest BCUT2D eigenvalue weighted by atomic mass is 9.81. The zero-order chi connectivity index (χ0) is 75.9. The Kier molecular flexibility index (Phi) is 15.4. The highest BCUT2D eigenvalue weighted by atomic mass is 14.4. The average molecular weight is 1450 g/mol. The molecule has 21 aromatic carbocycles. The summed E-state index contributed by atoms with van der Waals surface area (Å²) in [5.41, 5.74) is 30.8. The molecule has 534 valence electrons. The molecule has 23 rings (SSSR count). The average Bonchev–Trinajstić information content (AvgIpc) is 1.16. The largest absolute Gasteiger partial charge is 0.0622 e. The SMILES string of the molecule is CC1(C)c2ccccc2-c2cc(-c3c4ccccc4c(-c4ccc(-c5cc6ccccc6c6ccccc56)cc4)c4ccc(-c5cccc6ccccc56)cc34)ccc21.CC1(C)c2ccccc2-c2cc(-c3c4ccccc4c(-c4ccc5cc(-c6ccccc6)ccc5c4)c4ccc(-c5cccc6ccccc56)cc34)ccc21. The minimum Gasteiger partial charge on any atom is -0.0622 e. The van der Waals surface area contributed by atoms with E-state index >= 15 is 0 Å². The third-order valence-electron chi connectivity index (χ3n) is 25.5. The van der Waals surface area contributed by atoms with E-state index in [1.165, 1.54) is 230 Å². The van der Waals surface area contributed by atoms with E-state index in [2.05, 4.69) is 428 Å². The van der Waals surface area contributed by atoms with Gasteiger partial charge in [0.2, 0.25) is 0 Å². The summed E-state index contributed by atoms with van der Waals surface area (Å²) in [5.74, 6) is 0. The van der Waals surface area contributed by atoms with Crippen molar-refractivity contribution in [3.63, 3.8) is 0 Å². The standard InChI is InChI=1S/C59H40.C55H38/c1-59(2)55-25-12-11-21-48(55)53-36-42(31-33-56(53)59)58-50-23-10-9-22-49(50)57(51-32-30-41(35-54(51)58)44-24-13-16-37-14-3-5-17-43(37)44)39-28-26-38(27-29-39)52-34-40-15-4-6-18-45(40)46-19-7-8-20-47(46)52;1-55(2)51-22-11-10-18-45(51)49-34-42(28-30-52(49)55)54-47-20-9-8-19-46(47)53(41-26-25-38-31-37(23-24-39(38)32-41)35-13-4-3-5-14-35)48-29-27-40(33-50(48)54)44-21-12-16-36-15-6-7-17-43(36)44/h3-36H,1-2H3;3-34H,1-2H3. The second-order valence-corrected chi connectivity index (χ2v) is 32.4. The van der Waals surface area contributed by atoms with Crippen molar-refractivity contribution < 1.29 is 0 Å². The van der Waals surface area contributed by atoms with Gasteiger partial charge in [0.1, 0.15) is 0 Å². The molecule has 0 fully saturated rings. The molecular formula is C114H78. The van der Waals surface area contributed by atoms with Crippen LogP contribution in [-0.2, 0) is 10.8 Å². The van der Waals surface area contributed by atoms with E-state index in [9.17, 15) is 0 Å². The topological polar surface area (TPSA) is 0 Å². The maximum Gasteiger partial charge on any atom is 0.0158 e. The third-order valence-corrected chi connectivity index (χ3v) is 25.5. The lowest BCUT2D eigenvalue weighted by Crippen LogP contribution is -2.14. The van der Waals surface area contributed by atoms with Gasteiger partial charge in [0.25, 0.3) is 0 Å². The summed E-state index contributed by atoms with van der Waals surface area (Å²) in [6.07, 6.45) is 0. The van der Waals surface area contributed by atoms with Gasteiger partial charge in [-0.25, -0.2) is 0 Å². The van der Waals surface area contributed by atoms with Crippen LogP contribution in [0.2, 0.25) is 0 Å². The lowest BCUT2D eigenvalue weighted by molar-refractivity contribution is 0.660. The summed E-state index contributed by atoms with van der Waals surface area (Å²) < 4.78 is 0. The summed E-state index contributed by atoms with van der Waals surface area (Å²) in [6, 6.07) is 149. The zero-order valence-corrected chi connectivity index (χ0v) is 64.1. The predicted molar refractivity (Wildman–Crippen MR) is 489 cm³/mol. The van der Waals surface area contributed by atoms with E-state index < -0.39 is 0 Å². The molecule has 0 saturated carbocycles. The van der Waals surface area contributed by atoms with Crippen LogP contribution in [0.4, 0.5) is 0 Å².